The minimum atomic E-state index is -0.373. The van der Waals surface area contributed by atoms with Gasteiger partial charge in [0.05, 0.1) is 23.9 Å². The number of likely N-dealkylation sites (tertiary alicyclic amines) is 1. The maximum atomic E-state index is 13.7. The van der Waals surface area contributed by atoms with E-state index in [-0.39, 0.29) is 23.5 Å². The SMILES string of the molecule is CNC(=O)c1c(-c2ccc(F)cc2)oc2cc(N(C)OC)c([C@H]3CCCN(C(=O)c4cc5ccccn5c4)C3)cc12. The van der Waals surface area contributed by atoms with Crippen LogP contribution >= 0.6 is 0 Å². The number of carbonyl (C=O) groups excluding carboxylic acids is 2. The number of hydrogen-bond acceptors (Lipinski definition) is 5. The molecule has 0 aliphatic carbocycles. The molecule has 2 amide bonds. The lowest BCUT2D eigenvalue weighted by Crippen LogP contribution is -2.39. The Balaban J connectivity index is 1.42. The van der Waals surface area contributed by atoms with Gasteiger partial charge in [-0.15, -0.1) is 0 Å². The maximum absolute atomic E-state index is 13.7. The summed E-state index contributed by atoms with van der Waals surface area (Å²) in [5, 5.41) is 5.03. The van der Waals surface area contributed by atoms with E-state index < -0.39 is 0 Å². The van der Waals surface area contributed by atoms with Crippen molar-refractivity contribution < 1.29 is 23.2 Å². The number of furan rings is 1. The van der Waals surface area contributed by atoms with Crippen LogP contribution in [0.1, 0.15) is 45.0 Å². The Hall–Kier alpha value is -4.63. The summed E-state index contributed by atoms with van der Waals surface area (Å²) in [5.41, 5.74) is 4.86. The number of fused-ring (bicyclic) bond motifs is 2. The van der Waals surface area contributed by atoms with Crippen molar-refractivity contribution >= 4 is 34.0 Å². The molecular formula is C32H31FN4O4. The molecule has 41 heavy (non-hydrogen) atoms. The molecule has 8 nitrogen and oxygen atoms in total. The average Bonchev–Trinajstić information content (AvgIpc) is 3.61. The van der Waals surface area contributed by atoms with Gasteiger partial charge in [0, 0.05) is 68.0 Å². The fourth-order valence-electron chi connectivity index (χ4n) is 5.77. The van der Waals surface area contributed by atoms with Crippen LogP contribution in [0, 0.1) is 5.82 Å². The van der Waals surface area contributed by atoms with Crippen LogP contribution in [-0.2, 0) is 4.84 Å². The monoisotopic (exact) mass is 554 g/mol. The number of anilines is 1. The molecule has 5 aromatic rings. The number of nitrogens with one attached hydrogen (secondary N) is 1. The molecule has 1 N–H and O–H groups in total. The van der Waals surface area contributed by atoms with E-state index in [4.69, 9.17) is 9.25 Å². The fraction of sp³-hybridized carbons (Fsp3) is 0.250. The van der Waals surface area contributed by atoms with Crippen LogP contribution in [0.15, 0.2) is 77.5 Å². The molecule has 0 saturated carbocycles. The highest BCUT2D eigenvalue weighted by molar-refractivity contribution is 6.11. The van der Waals surface area contributed by atoms with E-state index >= 15 is 0 Å². The summed E-state index contributed by atoms with van der Waals surface area (Å²) in [7, 11) is 4.97. The number of amides is 2. The van der Waals surface area contributed by atoms with Gasteiger partial charge in [-0.05, 0) is 66.9 Å². The number of piperidine rings is 1. The number of benzene rings is 2. The normalized spacial score (nSPS) is 15.4. The molecule has 210 valence electrons. The summed E-state index contributed by atoms with van der Waals surface area (Å²) in [5.74, 6) is -0.313. The smallest absolute Gasteiger partial charge is 0.255 e. The van der Waals surface area contributed by atoms with Gasteiger partial charge in [0.1, 0.15) is 17.2 Å². The molecule has 1 aliphatic heterocycles. The molecule has 1 fully saturated rings. The van der Waals surface area contributed by atoms with Gasteiger partial charge in [-0.3, -0.25) is 19.5 Å². The van der Waals surface area contributed by atoms with E-state index in [0.29, 0.717) is 46.5 Å². The molecular weight excluding hydrogens is 523 g/mol. The fourth-order valence-corrected chi connectivity index (χ4v) is 5.77. The highest BCUT2D eigenvalue weighted by Gasteiger charge is 2.31. The number of aromatic nitrogens is 1. The van der Waals surface area contributed by atoms with Crippen molar-refractivity contribution in [1.82, 2.24) is 14.6 Å². The highest BCUT2D eigenvalue weighted by atomic mass is 19.1. The van der Waals surface area contributed by atoms with E-state index in [1.54, 1.807) is 31.4 Å². The zero-order valence-electron chi connectivity index (χ0n) is 23.2. The van der Waals surface area contributed by atoms with Crippen LogP contribution in [0.4, 0.5) is 10.1 Å². The molecule has 4 heterocycles. The van der Waals surface area contributed by atoms with Gasteiger partial charge in [0.25, 0.3) is 11.8 Å². The van der Waals surface area contributed by atoms with E-state index in [0.717, 1.165) is 29.6 Å². The summed E-state index contributed by atoms with van der Waals surface area (Å²) in [6, 6.07) is 17.5. The van der Waals surface area contributed by atoms with E-state index in [1.165, 1.54) is 12.1 Å². The Bertz CT molecular complexity index is 1720. The lowest BCUT2D eigenvalue weighted by Gasteiger charge is -2.34. The third-order valence-corrected chi connectivity index (χ3v) is 7.91. The lowest BCUT2D eigenvalue weighted by molar-refractivity contribution is 0.0707. The second kappa shape index (κ2) is 10.7. The van der Waals surface area contributed by atoms with E-state index in [2.05, 4.69) is 5.32 Å². The summed E-state index contributed by atoms with van der Waals surface area (Å²) >= 11 is 0. The number of carbonyl (C=O) groups is 2. The van der Waals surface area contributed by atoms with Crippen molar-refractivity contribution in [2.24, 2.45) is 0 Å². The molecule has 1 atom stereocenters. The Labute approximate surface area is 236 Å². The largest absolute Gasteiger partial charge is 0.455 e. The number of halogens is 1. The van der Waals surface area contributed by atoms with Gasteiger partial charge in [0.15, 0.2) is 0 Å². The summed E-state index contributed by atoms with van der Waals surface area (Å²) in [6.45, 7) is 1.20. The molecule has 2 aromatic carbocycles. The van der Waals surface area contributed by atoms with Gasteiger partial charge in [0.2, 0.25) is 0 Å². The standard InChI is InChI=1S/C32H31FN4O4/c1-34-31(38)29-26-16-25(27(35(2)40-3)17-28(26)41-30(29)20-9-11-23(33)12-10-20)21-7-6-14-37(18-21)32(39)22-15-24-8-4-5-13-36(24)19-22/h4-5,8-13,15-17,19,21H,6-7,14,18H2,1-3H3,(H,34,38)/t21-/m0/s1. The van der Waals surface area contributed by atoms with Crippen molar-refractivity contribution in [2.45, 2.75) is 18.8 Å². The third-order valence-electron chi connectivity index (χ3n) is 7.91. The van der Waals surface area contributed by atoms with Crippen LogP contribution in [0.5, 0.6) is 0 Å². The van der Waals surface area contributed by atoms with Crippen molar-refractivity contribution in [1.29, 1.82) is 0 Å². The van der Waals surface area contributed by atoms with Gasteiger partial charge < -0.3 is 19.0 Å². The third kappa shape index (κ3) is 4.82. The highest BCUT2D eigenvalue weighted by Crippen LogP contribution is 2.41. The Kier molecular flexibility index (Phi) is 6.96. The van der Waals surface area contributed by atoms with Crippen LogP contribution in [0.3, 0.4) is 0 Å². The minimum absolute atomic E-state index is 0.00319. The molecule has 0 unspecified atom stereocenters. The summed E-state index contributed by atoms with van der Waals surface area (Å²) < 4.78 is 21.9. The van der Waals surface area contributed by atoms with Crippen molar-refractivity contribution in [3.8, 4) is 11.3 Å². The first-order chi connectivity index (χ1) is 19.9. The zero-order valence-corrected chi connectivity index (χ0v) is 23.2. The first-order valence-electron chi connectivity index (χ1n) is 13.6. The zero-order chi connectivity index (χ0) is 28.7. The van der Waals surface area contributed by atoms with Gasteiger partial charge in [-0.1, -0.05) is 6.07 Å². The number of hydroxylamine groups is 1. The van der Waals surface area contributed by atoms with Gasteiger partial charge in [-0.2, -0.15) is 0 Å². The molecule has 0 bridgehead atoms. The molecule has 6 rings (SSSR count). The number of nitrogens with zero attached hydrogens (tertiary/aromatic N) is 3. The minimum Gasteiger partial charge on any atom is -0.455 e. The number of pyridine rings is 1. The second-order valence-electron chi connectivity index (χ2n) is 10.3. The number of rotatable bonds is 6. The van der Waals surface area contributed by atoms with Crippen molar-refractivity contribution in [3.05, 3.63) is 95.6 Å². The van der Waals surface area contributed by atoms with Crippen LogP contribution in [0.25, 0.3) is 27.8 Å². The second-order valence-corrected chi connectivity index (χ2v) is 10.3. The first kappa shape index (κ1) is 26.6. The average molecular weight is 555 g/mol. The number of hydrogen-bond donors (Lipinski definition) is 1. The Morgan fingerprint density at radius 2 is 1.93 bits per heavy atom. The van der Waals surface area contributed by atoms with Gasteiger partial charge >= 0.3 is 0 Å². The predicted octanol–water partition coefficient (Wildman–Crippen LogP) is 5.87. The molecule has 1 saturated heterocycles. The maximum Gasteiger partial charge on any atom is 0.255 e. The molecule has 9 heteroatoms. The molecule has 3 aromatic heterocycles. The predicted molar refractivity (Wildman–Crippen MR) is 156 cm³/mol. The lowest BCUT2D eigenvalue weighted by atomic mass is 9.87. The van der Waals surface area contributed by atoms with Gasteiger partial charge in [-0.25, -0.2) is 4.39 Å². The molecule has 1 aliphatic rings. The Morgan fingerprint density at radius 1 is 1.12 bits per heavy atom. The first-order valence-corrected chi connectivity index (χ1v) is 13.6. The Morgan fingerprint density at radius 3 is 2.66 bits per heavy atom. The van der Waals surface area contributed by atoms with E-state index in [9.17, 15) is 14.0 Å². The summed E-state index contributed by atoms with van der Waals surface area (Å²) in [6.07, 6.45) is 5.51. The van der Waals surface area contributed by atoms with Crippen LogP contribution in [0.2, 0.25) is 0 Å². The quantitative estimate of drug-likeness (QED) is 0.266. The van der Waals surface area contributed by atoms with Crippen molar-refractivity contribution in [2.75, 3.05) is 39.4 Å². The summed E-state index contributed by atoms with van der Waals surface area (Å²) in [4.78, 5) is 34.2. The van der Waals surface area contributed by atoms with E-state index in [1.807, 2.05) is 65.1 Å². The van der Waals surface area contributed by atoms with Crippen molar-refractivity contribution in [3.63, 3.8) is 0 Å². The van der Waals surface area contributed by atoms with Crippen LogP contribution < -0.4 is 10.4 Å². The molecule has 0 radical (unpaired) electrons. The van der Waals surface area contributed by atoms with Crippen LogP contribution in [-0.4, -0.2) is 55.4 Å². The molecule has 0 spiro atoms. The topological polar surface area (TPSA) is 79.4 Å².